The van der Waals surface area contributed by atoms with Crippen molar-refractivity contribution in [1.82, 2.24) is 4.98 Å². The third kappa shape index (κ3) is 3.15. The van der Waals surface area contributed by atoms with Crippen LogP contribution in [0.3, 0.4) is 0 Å². The zero-order valence-electron chi connectivity index (χ0n) is 10.3. The molecule has 0 aliphatic rings. The van der Waals surface area contributed by atoms with E-state index in [0.717, 1.165) is 25.1 Å². The third-order valence-electron chi connectivity index (χ3n) is 2.77. The largest absolute Gasteiger partial charge is 0.478 e. The number of nitrogens with zero attached hydrogens (tertiary/aromatic N) is 2. The zero-order chi connectivity index (χ0) is 13.0. The average molecular weight is 240 g/mol. The summed E-state index contributed by atoms with van der Waals surface area (Å²) in [6.07, 6.45) is 2.96. The predicted octanol–water partition coefficient (Wildman–Crippen LogP) is 2.54. The van der Waals surface area contributed by atoms with Gasteiger partial charge in [0.05, 0.1) is 6.20 Å². The molecule has 1 N–H and O–H groups in total. The molecule has 0 radical (unpaired) electrons. The van der Waals surface area contributed by atoms with Gasteiger partial charge in [0, 0.05) is 13.1 Å². The summed E-state index contributed by atoms with van der Waals surface area (Å²) in [5, 5.41) is 9.02. The molecule has 0 aromatic carbocycles. The molecule has 0 bridgehead atoms. The first-order valence-corrected chi connectivity index (χ1v) is 5.59. The first kappa shape index (κ1) is 13.4. The predicted molar refractivity (Wildman–Crippen MR) is 63.9 cm³/mol. The Morgan fingerprint density at radius 1 is 1.65 bits per heavy atom. The van der Waals surface area contributed by atoms with Crippen molar-refractivity contribution in [2.24, 2.45) is 0 Å². The van der Waals surface area contributed by atoms with Crippen molar-refractivity contribution >= 4 is 11.8 Å². The van der Waals surface area contributed by atoms with Crippen molar-refractivity contribution < 1.29 is 14.3 Å². The molecule has 1 rings (SSSR count). The van der Waals surface area contributed by atoms with Crippen LogP contribution in [0.4, 0.5) is 10.2 Å². The van der Waals surface area contributed by atoms with Crippen LogP contribution in [0.1, 0.15) is 37.0 Å². The number of carboxylic acids is 1. The normalized spacial score (nSPS) is 12.2. The molecule has 4 nitrogen and oxygen atoms in total. The van der Waals surface area contributed by atoms with Gasteiger partial charge in [-0.2, -0.15) is 0 Å². The maximum atomic E-state index is 13.0. The van der Waals surface area contributed by atoms with E-state index in [4.69, 9.17) is 5.11 Å². The van der Waals surface area contributed by atoms with Crippen LogP contribution in [-0.2, 0) is 0 Å². The maximum absolute atomic E-state index is 13.0. The lowest BCUT2D eigenvalue weighted by atomic mass is 10.1. The van der Waals surface area contributed by atoms with Gasteiger partial charge in [0.15, 0.2) is 0 Å². The van der Waals surface area contributed by atoms with Crippen molar-refractivity contribution in [3.63, 3.8) is 0 Å². The summed E-state index contributed by atoms with van der Waals surface area (Å²) in [7, 11) is 1.77. The Bertz CT molecular complexity index is 409. The Morgan fingerprint density at radius 3 is 2.82 bits per heavy atom. The summed E-state index contributed by atoms with van der Waals surface area (Å²) in [4.78, 5) is 16.7. The highest BCUT2D eigenvalue weighted by Crippen LogP contribution is 2.20. The van der Waals surface area contributed by atoms with Gasteiger partial charge in [-0.15, -0.1) is 0 Å². The summed E-state index contributed by atoms with van der Waals surface area (Å²) < 4.78 is 13.0. The zero-order valence-corrected chi connectivity index (χ0v) is 10.3. The van der Waals surface area contributed by atoms with Crippen LogP contribution < -0.4 is 4.90 Å². The van der Waals surface area contributed by atoms with Crippen LogP contribution >= 0.6 is 0 Å². The number of carboxylic acid groups (broad SMARTS) is 1. The molecule has 0 spiro atoms. The lowest BCUT2D eigenvalue weighted by molar-refractivity contribution is 0.0696. The topological polar surface area (TPSA) is 53.4 Å². The number of halogens is 1. The Labute approximate surface area is 100 Å². The Hall–Kier alpha value is -1.65. The summed E-state index contributed by atoms with van der Waals surface area (Å²) in [6.45, 7) is 4.04. The molecule has 0 fully saturated rings. The van der Waals surface area contributed by atoms with Gasteiger partial charge in [-0.3, -0.25) is 0 Å². The summed E-state index contributed by atoms with van der Waals surface area (Å²) in [6, 6.07) is 1.16. The second-order valence-electron chi connectivity index (χ2n) is 4.08. The van der Waals surface area contributed by atoms with Crippen LogP contribution in [0, 0.1) is 5.82 Å². The standard InChI is InChI=1S/C12H17FN2O2/c1-4-5-8(2)15(3)11-10(12(16)17)6-9(13)7-14-11/h6-8H,4-5H2,1-3H3,(H,16,17). The number of aromatic carboxylic acids is 1. The van der Waals surface area contributed by atoms with Crippen molar-refractivity contribution in [2.75, 3.05) is 11.9 Å². The smallest absolute Gasteiger partial charge is 0.339 e. The van der Waals surface area contributed by atoms with E-state index in [1.165, 1.54) is 0 Å². The van der Waals surface area contributed by atoms with Crippen molar-refractivity contribution in [1.29, 1.82) is 0 Å². The van der Waals surface area contributed by atoms with Gasteiger partial charge < -0.3 is 10.0 Å². The maximum Gasteiger partial charge on any atom is 0.339 e. The molecular weight excluding hydrogens is 223 g/mol. The highest BCUT2D eigenvalue weighted by molar-refractivity contribution is 5.93. The molecular formula is C12H17FN2O2. The van der Waals surface area contributed by atoms with Crippen LogP contribution in [0.2, 0.25) is 0 Å². The van der Waals surface area contributed by atoms with E-state index in [1.54, 1.807) is 11.9 Å². The molecule has 0 amide bonds. The molecule has 0 saturated carbocycles. The van der Waals surface area contributed by atoms with Crippen LogP contribution in [0.15, 0.2) is 12.3 Å². The van der Waals surface area contributed by atoms with E-state index >= 15 is 0 Å². The summed E-state index contributed by atoms with van der Waals surface area (Å²) >= 11 is 0. The molecule has 1 atom stereocenters. The third-order valence-corrected chi connectivity index (χ3v) is 2.77. The van der Waals surface area contributed by atoms with E-state index in [9.17, 15) is 9.18 Å². The Balaban J connectivity index is 3.08. The number of anilines is 1. The van der Waals surface area contributed by atoms with Gasteiger partial charge in [-0.25, -0.2) is 14.2 Å². The van der Waals surface area contributed by atoms with E-state index in [1.807, 2.05) is 6.92 Å². The second kappa shape index (κ2) is 5.61. The first-order chi connectivity index (χ1) is 7.97. The minimum absolute atomic E-state index is 0.101. The van der Waals surface area contributed by atoms with Gasteiger partial charge >= 0.3 is 5.97 Å². The number of carbonyl (C=O) groups is 1. The van der Waals surface area contributed by atoms with Crippen LogP contribution in [0.25, 0.3) is 0 Å². The molecule has 1 unspecified atom stereocenters. The fraction of sp³-hybridized carbons (Fsp3) is 0.500. The molecule has 17 heavy (non-hydrogen) atoms. The number of pyridine rings is 1. The quantitative estimate of drug-likeness (QED) is 0.859. The molecule has 0 aliphatic carbocycles. The van der Waals surface area contributed by atoms with Gasteiger partial charge in [0.25, 0.3) is 0 Å². The minimum Gasteiger partial charge on any atom is -0.478 e. The van der Waals surface area contributed by atoms with Gasteiger partial charge in [-0.05, 0) is 19.4 Å². The number of aromatic nitrogens is 1. The fourth-order valence-corrected chi connectivity index (χ4v) is 1.69. The van der Waals surface area contributed by atoms with Gasteiger partial charge in [-0.1, -0.05) is 13.3 Å². The van der Waals surface area contributed by atoms with E-state index in [0.29, 0.717) is 5.82 Å². The molecule has 1 aromatic heterocycles. The monoisotopic (exact) mass is 240 g/mol. The van der Waals surface area contributed by atoms with Crippen LogP contribution in [0.5, 0.6) is 0 Å². The lowest BCUT2D eigenvalue weighted by Crippen LogP contribution is -2.31. The summed E-state index contributed by atoms with van der Waals surface area (Å²) in [5.74, 6) is -1.50. The molecule has 0 aliphatic heterocycles. The van der Waals surface area contributed by atoms with Crippen LogP contribution in [-0.4, -0.2) is 29.1 Å². The number of hydrogen-bond donors (Lipinski definition) is 1. The summed E-state index contributed by atoms with van der Waals surface area (Å²) in [5.41, 5.74) is -0.101. The van der Waals surface area contributed by atoms with Gasteiger partial charge in [0.1, 0.15) is 17.2 Å². The SMILES string of the molecule is CCCC(C)N(C)c1ncc(F)cc1C(=O)O. The highest BCUT2D eigenvalue weighted by atomic mass is 19.1. The number of hydrogen-bond acceptors (Lipinski definition) is 3. The average Bonchev–Trinajstić information content (AvgIpc) is 2.28. The van der Waals surface area contributed by atoms with Crippen molar-refractivity contribution in [3.8, 4) is 0 Å². The molecule has 0 saturated heterocycles. The number of rotatable bonds is 5. The van der Waals surface area contributed by atoms with Crippen molar-refractivity contribution in [3.05, 3.63) is 23.6 Å². The molecule has 1 aromatic rings. The van der Waals surface area contributed by atoms with Crippen molar-refractivity contribution in [2.45, 2.75) is 32.7 Å². The van der Waals surface area contributed by atoms with E-state index < -0.39 is 11.8 Å². The molecule has 5 heteroatoms. The second-order valence-corrected chi connectivity index (χ2v) is 4.08. The molecule has 94 valence electrons. The lowest BCUT2D eigenvalue weighted by Gasteiger charge is -2.26. The van der Waals surface area contributed by atoms with E-state index in [-0.39, 0.29) is 11.6 Å². The van der Waals surface area contributed by atoms with E-state index in [2.05, 4.69) is 11.9 Å². The fourth-order valence-electron chi connectivity index (χ4n) is 1.69. The Kier molecular flexibility index (Phi) is 4.43. The van der Waals surface area contributed by atoms with Gasteiger partial charge in [0.2, 0.25) is 0 Å². The molecule has 1 heterocycles. The highest BCUT2D eigenvalue weighted by Gasteiger charge is 2.19. The first-order valence-electron chi connectivity index (χ1n) is 5.59. The Morgan fingerprint density at radius 2 is 2.29 bits per heavy atom. The minimum atomic E-state index is -1.16.